The number of aromatic nitrogens is 1. The minimum Gasteiger partial charge on any atom is -0.312 e. The third-order valence-electron chi connectivity index (χ3n) is 3.66. The number of hydrogen-bond donors (Lipinski definition) is 1. The van der Waals surface area contributed by atoms with Gasteiger partial charge in [-0.25, -0.2) is 0 Å². The molecule has 1 aromatic heterocycles. The van der Waals surface area contributed by atoms with Gasteiger partial charge in [0.2, 0.25) is 0 Å². The van der Waals surface area contributed by atoms with Crippen molar-refractivity contribution in [1.29, 1.82) is 0 Å². The molecule has 2 heteroatoms. The summed E-state index contributed by atoms with van der Waals surface area (Å²) in [6.07, 6.45) is 10.8. The lowest BCUT2D eigenvalue weighted by Gasteiger charge is -2.33. The van der Waals surface area contributed by atoms with Crippen molar-refractivity contribution in [1.82, 2.24) is 10.3 Å². The zero-order valence-electron chi connectivity index (χ0n) is 10.2. The summed E-state index contributed by atoms with van der Waals surface area (Å²) in [6, 6.07) is 4.13. The molecule has 1 saturated carbocycles. The topological polar surface area (TPSA) is 24.9 Å². The van der Waals surface area contributed by atoms with E-state index >= 15 is 0 Å². The van der Waals surface area contributed by atoms with Gasteiger partial charge < -0.3 is 5.32 Å². The van der Waals surface area contributed by atoms with Crippen LogP contribution in [0.5, 0.6) is 0 Å². The average molecular weight is 218 g/mol. The van der Waals surface area contributed by atoms with Crippen LogP contribution in [0.15, 0.2) is 24.5 Å². The van der Waals surface area contributed by atoms with Gasteiger partial charge in [0.05, 0.1) is 0 Å². The molecule has 1 fully saturated rings. The molecule has 0 spiro atoms. The molecule has 1 aliphatic carbocycles. The zero-order valence-corrected chi connectivity index (χ0v) is 10.2. The molecular formula is C14H22N2. The van der Waals surface area contributed by atoms with E-state index in [1.807, 2.05) is 18.5 Å². The van der Waals surface area contributed by atoms with Crippen molar-refractivity contribution in [3.05, 3.63) is 30.1 Å². The van der Waals surface area contributed by atoms with E-state index in [-0.39, 0.29) is 0 Å². The monoisotopic (exact) mass is 218 g/mol. The molecular weight excluding hydrogens is 196 g/mol. The fourth-order valence-corrected chi connectivity index (χ4v) is 2.59. The molecule has 0 unspecified atom stereocenters. The van der Waals surface area contributed by atoms with Crippen molar-refractivity contribution in [3.63, 3.8) is 0 Å². The summed E-state index contributed by atoms with van der Waals surface area (Å²) < 4.78 is 0. The van der Waals surface area contributed by atoms with Crippen LogP contribution in [0.1, 0.15) is 44.6 Å². The molecule has 0 saturated heterocycles. The Kier molecular flexibility index (Phi) is 3.94. The van der Waals surface area contributed by atoms with E-state index in [1.165, 1.54) is 37.7 Å². The van der Waals surface area contributed by atoms with Gasteiger partial charge in [-0.3, -0.25) is 4.98 Å². The molecule has 1 N–H and O–H groups in total. The van der Waals surface area contributed by atoms with Gasteiger partial charge in [0, 0.05) is 25.5 Å². The van der Waals surface area contributed by atoms with E-state index < -0.39 is 0 Å². The molecule has 1 heterocycles. The quantitative estimate of drug-likeness (QED) is 0.839. The Morgan fingerprint density at radius 1 is 1.31 bits per heavy atom. The molecule has 0 bridgehead atoms. The molecule has 16 heavy (non-hydrogen) atoms. The second-order valence-electron chi connectivity index (χ2n) is 5.34. The van der Waals surface area contributed by atoms with Crippen LogP contribution in [0, 0.1) is 5.41 Å². The number of nitrogens with one attached hydrogen (secondary N) is 1. The summed E-state index contributed by atoms with van der Waals surface area (Å²) in [6.45, 7) is 4.51. The first kappa shape index (κ1) is 11.6. The largest absolute Gasteiger partial charge is 0.312 e. The van der Waals surface area contributed by atoms with Crippen molar-refractivity contribution in [2.24, 2.45) is 5.41 Å². The highest BCUT2D eigenvalue weighted by Gasteiger charge is 2.25. The first-order valence-electron chi connectivity index (χ1n) is 6.38. The van der Waals surface area contributed by atoms with Crippen molar-refractivity contribution in [3.8, 4) is 0 Å². The van der Waals surface area contributed by atoms with Crippen molar-refractivity contribution in [2.45, 2.75) is 45.6 Å². The minimum absolute atomic E-state index is 0.528. The number of hydrogen-bond acceptors (Lipinski definition) is 2. The predicted molar refractivity (Wildman–Crippen MR) is 67.1 cm³/mol. The molecule has 88 valence electrons. The van der Waals surface area contributed by atoms with Crippen LogP contribution < -0.4 is 5.32 Å². The van der Waals surface area contributed by atoms with Crippen LogP contribution in [-0.2, 0) is 6.54 Å². The van der Waals surface area contributed by atoms with Gasteiger partial charge in [0.1, 0.15) is 0 Å². The molecule has 1 aliphatic rings. The lowest BCUT2D eigenvalue weighted by molar-refractivity contribution is 0.207. The summed E-state index contributed by atoms with van der Waals surface area (Å²) in [5.41, 5.74) is 1.81. The van der Waals surface area contributed by atoms with Crippen LogP contribution in [0.4, 0.5) is 0 Å². The summed E-state index contributed by atoms with van der Waals surface area (Å²) in [5.74, 6) is 0. The fourth-order valence-electron chi connectivity index (χ4n) is 2.59. The van der Waals surface area contributed by atoms with Gasteiger partial charge in [-0.1, -0.05) is 32.3 Å². The lowest BCUT2D eigenvalue weighted by atomic mass is 9.76. The first-order chi connectivity index (χ1) is 7.79. The molecule has 0 aliphatic heterocycles. The number of pyridine rings is 1. The van der Waals surface area contributed by atoms with Crippen molar-refractivity contribution >= 4 is 0 Å². The zero-order chi connectivity index (χ0) is 11.3. The molecule has 0 aromatic carbocycles. The maximum Gasteiger partial charge on any atom is 0.0312 e. The molecule has 0 atom stereocenters. The van der Waals surface area contributed by atoms with Gasteiger partial charge in [-0.15, -0.1) is 0 Å². The molecule has 0 radical (unpaired) electrons. The van der Waals surface area contributed by atoms with Gasteiger partial charge in [-0.05, 0) is 29.9 Å². The smallest absolute Gasteiger partial charge is 0.0312 e. The number of nitrogens with zero attached hydrogens (tertiary/aromatic N) is 1. The summed E-state index contributed by atoms with van der Waals surface area (Å²) in [4.78, 5) is 4.13. The normalized spacial score (nSPS) is 19.6. The SMILES string of the molecule is CC1(CNCc2cccnc2)CCCCC1. The highest BCUT2D eigenvalue weighted by molar-refractivity contribution is 5.07. The molecule has 0 amide bonds. The Hall–Kier alpha value is -0.890. The van der Waals surface area contributed by atoms with Gasteiger partial charge in [0.25, 0.3) is 0 Å². The molecule has 2 rings (SSSR count). The van der Waals surface area contributed by atoms with Crippen LogP contribution in [0.3, 0.4) is 0 Å². The average Bonchev–Trinajstić information content (AvgIpc) is 2.31. The van der Waals surface area contributed by atoms with E-state index in [0.29, 0.717) is 5.41 Å². The first-order valence-corrected chi connectivity index (χ1v) is 6.38. The van der Waals surface area contributed by atoms with E-state index in [0.717, 1.165) is 13.1 Å². The summed E-state index contributed by atoms with van der Waals surface area (Å²) in [5, 5.41) is 3.57. The Labute approximate surface area is 98.5 Å². The van der Waals surface area contributed by atoms with Crippen LogP contribution in [0.25, 0.3) is 0 Å². The predicted octanol–water partition coefficient (Wildman–Crippen LogP) is 3.14. The Bertz CT molecular complexity index is 302. The summed E-state index contributed by atoms with van der Waals surface area (Å²) >= 11 is 0. The third-order valence-corrected chi connectivity index (χ3v) is 3.66. The van der Waals surface area contributed by atoms with E-state index in [1.54, 1.807) is 0 Å². The number of rotatable bonds is 4. The minimum atomic E-state index is 0.528. The second-order valence-corrected chi connectivity index (χ2v) is 5.34. The highest BCUT2D eigenvalue weighted by atomic mass is 14.9. The van der Waals surface area contributed by atoms with E-state index in [2.05, 4.69) is 23.3 Å². The van der Waals surface area contributed by atoms with Crippen molar-refractivity contribution < 1.29 is 0 Å². The summed E-state index contributed by atoms with van der Waals surface area (Å²) in [7, 11) is 0. The van der Waals surface area contributed by atoms with Crippen LogP contribution in [0.2, 0.25) is 0 Å². The lowest BCUT2D eigenvalue weighted by Crippen LogP contribution is -2.33. The Morgan fingerprint density at radius 3 is 2.81 bits per heavy atom. The van der Waals surface area contributed by atoms with Gasteiger partial charge in [0.15, 0.2) is 0 Å². The maximum absolute atomic E-state index is 4.13. The van der Waals surface area contributed by atoms with E-state index in [4.69, 9.17) is 0 Å². The second kappa shape index (κ2) is 5.44. The fraction of sp³-hybridized carbons (Fsp3) is 0.643. The Morgan fingerprint density at radius 2 is 2.12 bits per heavy atom. The van der Waals surface area contributed by atoms with E-state index in [9.17, 15) is 0 Å². The third kappa shape index (κ3) is 3.31. The van der Waals surface area contributed by atoms with Gasteiger partial charge >= 0.3 is 0 Å². The maximum atomic E-state index is 4.13. The molecule has 1 aromatic rings. The Balaban J connectivity index is 1.75. The standard InChI is InChI=1S/C14H22N2/c1-14(7-3-2-4-8-14)12-16-11-13-6-5-9-15-10-13/h5-6,9-10,16H,2-4,7-8,11-12H2,1H3. The van der Waals surface area contributed by atoms with Gasteiger partial charge in [-0.2, -0.15) is 0 Å². The van der Waals surface area contributed by atoms with Crippen molar-refractivity contribution in [2.75, 3.05) is 6.54 Å². The van der Waals surface area contributed by atoms with Crippen LogP contribution >= 0.6 is 0 Å². The highest BCUT2D eigenvalue weighted by Crippen LogP contribution is 2.34. The van der Waals surface area contributed by atoms with Crippen LogP contribution in [-0.4, -0.2) is 11.5 Å². The molecule has 2 nitrogen and oxygen atoms in total.